The number of benzene rings is 1. The molecule has 1 aromatic rings. The van der Waals surface area contributed by atoms with Crippen LogP contribution in [0.25, 0.3) is 0 Å². The SMILES string of the molecule is CCCC(C)C(Cl)c1ccc(F)c(Br)c1. The first-order chi connectivity index (χ1) is 7.06. The van der Waals surface area contributed by atoms with Crippen LogP contribution in [0, 0.1) is 11.7 Å². The fourth-order valence-electron chi connectivity index (χ4n) is 1.61. The first-order valence-electron chi connectivity index (χ1n) is 5.15. The molecule has 1 aromatic carbocycles. The summed E-state index contributed by atoms with van der Waals surface area (Å²) < 4.78 is 13.5. The minimum Gasteiger partial charge on any atom is -0.206 e. The van der Waals surface area contributed by atoms with Crippen molar-refractivity contribution in [1.82, 2.24) is 0 Å². The van der Waals surface area contributed by atoms with E-state index in [2.05, 4.69) is 29.8 Å². The minimum atomic E-state index is -0.245. The van der Waals surface area contributed by atoms with Crippen LogP contribution in [0.5, 0.6) is 0 Å². The van der Waals surface area contributed by atoms with Crippen LogP contribution < -0.4 is 0 Å². The molecule has 0 aliphatic carbocycles. The van der Waals surface area contributed by atoms with Gasteiger partial charge in [0.25, 0.3) is 0 Å². The van der Waals surface area contributed by atoms with E-state index in [9.17, 15) is 4.39 Å². The zero-order chi connectivity index (χ0) is 11.4. The Kier molecular flexibility index (Phi) is 5.07. The molecule has 0 saturated carbocycles. The van der Waals surface area contributed by atoms with Crippen LogP contribution >= 0.6 is 27.5 Å². The molecule has 15 heavy (non-hydrogen) atoms. The number of halogens is 3. The van der Waals surface area contributed by atoms with Gasteiger partial charge in [-0.1, -0.05) is 26.3 Å². The van der Waals surface area contributed by atoms with Crippen LogP contribution in [0.2, 0.25) is 0 Å². The van der Waals surface area contributed by atoms with E-state index in [-0.39, 0.29) is 11.2 Å². The molecule has 0 bridgehead atoms. The van der Waals surface area contributed by atoms with Crippen molar-refractivity contribution in [3.8, 4) is 0 Å². The molecule has 0 radical (unpaired) electrons. The van der Waals surface area contributed by atoms with E-state index in [0.717, 1.165) is 18.4 Å². The van der Waals surface area contributed by atoms with E-state index < -0.39 is 0 Å². The Hall–Kier alpha value is -0.0800. The Morgan fingerprint density at radius 2 is 2.13 bits per heavy atom. The Morgan fingerprint density at radius 3 is 2.67 bits per heavy atom. The number of hydrogen-bond acceptors (Lipinski definition) is 0. The molecule has 2 unspecified atom stereocenters. The second-order valence-corrected chi connectivity index (χ2v) is 5.17. The summed E-state index contributed by atoms with van der Waals surface area (Å²) in [6, 6.07) is 4.97. The maximum absolute atomic E-state index is 13.0. The topological polar surface area (TPSA) is 0 Å². The minimum absolute atomic E-state index is 0.0400. The van der Waals surface area contributed by atoms with Gasteiger partial charge in [-0.05, 0) is 46.0 Å². The van der Waals surface area contributed by atoms with Gasteiger partial charge in [0, 0.05) is 0 Å². The lowest BCUT2D eigenvalue weighted by Crippen LogP contribution is -2.03. The third kappa shape index (κ3) is 3.46. The van der Waals surface area contributed by atoms with Crippen molar-refractivity contribution in [2.45, 2.75) is 32.1 Å². The van der Waals surface area contributed by atoms with Crippen molar-refractivity contribution < 1.29 is 4.39 Å². The average molecular weight is 294 g/mol. The van der Waals surface area contributed by atoms with Crippen LogP contribution in [0.4, 0.5) is 4.39 Å². The first-order valence-corrected chi connectivity index (χ1v) is 6.38. The van der Waals surface area contributed by atoms with E-state index in [1.54, 1.807) is 12.1 Å². The number of alkyl halides is 1. The van der Waals surface area contributed by atoms with Gasteiger partial charge in [0.15, 0.2) is 0 Å². The summed E-state index contributed by atoms with van der Waals surface area (Å²) >= 11 is 9.49. The molecule has 0 nitrogen and oxygen atoms in total. The van der Waals surface area contributed by atoms with Crippen LogP contribution in [0.1, 0.15) is 37.6 Å². The van der Waals surface area contributed by atoms with Gasteiger partial charge in [-0.15, -0.1) is 11.6 Å². The van der Waals surface area contributed by atoms with Gasteiger partial charge in [0.1, 0.15) is 5.82 Å². The molecular formula is C12H15BrClF. The highest BCUT2D eigenvalue weighted by atomic mass is 79.9. The van der Waals surface area contributed by atoms with Crippen molar-refractivity contribution in [2.75, 3.05) is 0 Å². The quantitative estimate of drug-likeness (QED) is 0.660. The van der Waals surface area contributed by atoms with Crippen molar-refractivity contribution in [1.29, 1.82) is 0 Å². The standard InChI is InChI=1S/C12H15BrClF/c1-3-4-8(2)12(14)9-5-6-11(15)10(13)7-9/h5-8,12H,3-4H2,1-2H3. The molecule has 0 aliphatic heterocycles. The molecule has 0 heterocycles. The van der Waals surface area contributed by atoms with Crippen LogP contribution in [-0.2, 0) is 0 Å². The fraction of sp³-hybridized carbons (Fsp3) is 0.500. The number of rotatable bonds is 4. The summed E-state index contributed by atoms with van der Waals surface area (Å²) in [5.74, 6) is 0.166. The third-order valence-corrected chi connectivity index (χ3v) is 3.80. The van der Waals surface area contributed by atoms with Gasteiger partial charge in [-0.2, -0.15) is 0 Å². The molecule has 2 atom stereocenters. The van der Waals surface area contributed by atoms with Gasteiger partial charge in [-0.25, -0.2) is 4.39 Å². The lowest BCUT2D eigenvalue weighted by molar-refractivity contribution is 0.506. The van der Waals surface area contributed by atoms with E-state index in [1.165, 1.54) is 6.07 Å². The maximum atomic E-state index is 13.0. The molecule has 1 rings (SSSR count). The Labute approximate surface area is 104 Å². The van der Waals surface area contributed by atoms with Crippen molar-refractivity contribution in [2.24, 2.45) is 5.92 Å². The smallest absolute Gasteiger partial charge is 0.137 e. The van der Waals surface area contributed by atoms with Gasteiger partial charge in [-0.3, -0.25) is 0 Å². The highest BCUT2D eigenvalue weighted by Crippen LogP contribution is 2.33. The third-order valence-electron chi connectivity index (χ3n) is 2.51. The molecule has 0 aliphatic rings. The highest BCUT2D eigenvalue weighted by molar-refractivity contribution is 9.10. The molecule has 0 amide bonds. The van der Waals surface area contributed by atoms with Gasteiger partial charge in [0.05, 0.1) is 9.85 Å². The molecule has 3 heteroatoms. The van der Waals surface area contributed by atoms with Gasteiger partial charge in [0.2, 0.25) is 0 Å². The van der Waals surface area contributed by atoms with Crippen LogP contribution in [0.15, 0.2) is 22.7 Å². The Morgan fingerprint density at radius 1 is 1.47 bits per heavy atom. The lowest BCUT2D eigenvalue weighted by atomic mass is 9.96. The summed E-state index contributed by atoms with van der Waals surface area (Å²) in [6.45, 7) is 4.26. The maximum Gasteiger partial charge on any atom is 0.137 e. The van der Waals surface area contributed by atoms with Crippen LogP contribution in [-0.4, -0.2) is 0 Å². The summed E-state index contributed by atoms with van der Waals surface area (Å²) in [7, 11) is 0. The molecule has 0 aromatic heterocycles. The fourth-order valence-corrected chi connectivity index (χ4v) is 2.27. The first kappa shape index (κ1) is 13.0. The van der Waals surface area contributed by atoms with E-state index in [4.69, 9.17) is 11.6 Å². The zero-order valence-electron chi connectivity index (χ0n) is 8.93. The second kappa shape index (κ2) is 5.86. The van der Waals surface area contributed by atoms with Crippen molar-refractivity contribution in [3.05, 3.63) is 34.1 Å². The van der Waals surface area contributed by atoms with Crippen molar-refractivity contribution >= 4 is 27.5 Å². The average Bonchev–Trinajstić information content (AvgIpc) is 2.21. The Bertz CT molecular complexity index is 327. The second-order valence-electron chi connectivity index (χ2n) is 3.84. The largest absolute Gasteiger partial charge is 0.206 e. The van der Waals surface area contributed by atoms with E-state index in [1.807, 2.05) is 0 Å². The zero-order valence-corrected chi connectivity index (χ0v) is 11.3. The Balaban J connectivity index is 2.81. The summed E-state index contributed by atoms with van der Waals surface area (Å²) in [5, 5.41) is -0.0400. The highest BCUT2D eigenvalue weighted by Gasteiger charge is 2.16. The predicted octanol–water partition coefficient (Wildman–Crippen LogP) is 5.30. The molecule has 0 spiro atoms. The lowest BCUT2D eigenvalue weighted by Gasteiger charge is -2.17. The summed E-state index contributed by atoms with van der Waals surface area (Å²) in [4.78, 5) is 0. The van der Waals surface area contributed by atoms with E-state index >= 15 is 0 Å². The molecule has 0 N–H and O–H groups in total. The van der Waals surface area contributed by atoms with Crippen LogP contribution in [0.3, 0.4) is 0 Å². The number of hydrogen-bond donors (Lipinski definition) is 0. The summed E-state index contributed by atoms with van der Waals surface area (Å²) in [5.41, 5.74) is 0.978. The predicted molar refractivity (Wildman–Crippen MR) is 66.8 cm³/mol. The normalized spacial score (nSPS) is 15.0. The summed E-state index contributed by atoms with van der Waals surface area (Å²) in [6.07, 6.45) is 2.20. The molecule has 0 fully saturated rings. The van der Waals surface area contributed by atoms with Gasteiger partial charge >= 0.3 is 0 Å². The van der Waals surface area contributed by atoms with Crippen molar-refractivity contribution in [3.63, 3.8) is 0 Å². The molecular weight excluding hydrogens is 278 g/mol. The molecule has 84 valence electrons. The van der Waals surface area contributed by atoms with Gasteiger partial charge < -0.3 is 0 Å². The molecule has 0 saturated heterocycles. The van der Waals surface area contributed by atoms with E-state index in [0.29, 0.717) is 10.4 Å². The monoisotopic (exact) mass is 292 g/mol.